The minimum absolute atomic E-state index is 0.0251. The highest BCUT2D eigenvalue weighted by Gasteiger charge is 2.38. The molecule has 1 aromatic rings. The van der Waals surface area contributed by atoms with E-state index in [1.807, 2.05) is 4.90 Å². The second-order valence-corrected chi connectivity index (χ2v) is 8.00. The highest BCUT2D eigenvalue weighted by Crippen LogP contribution is 2.28. The zero-order valence-corrected chi connectivity index (χ0v) is 15.6. The van der Waals surface area contributed by atoms with E-state index in [1.165, 1.54) is 11.1 Å². The van der Waals surface area contributed by atoms with Crippen LogP contribution in [0.2, 0.25) is 0 Å². The van der Waals surface area contributed by atoms with Crippen LogP contribution < -0.4 is 5.32 Å². The van der Waals surface area contributed by atoms with Gasteiger partial charge in [-0.05, 0) is 56.4 Å². The molecule has 2 amide bonds. The summed E-state index contributed by atoms with van der Waals surface area (Å²) in [6.45, 7) is 5.90. The maximum Gasteiger partial charge on any atom is 0.225 e. The summed E-state index contributed by atoms with van der Waals surface area (Å²) < 4.78 is 0. The number of rotatable bonds is 4. The monoisotopic (exact) mass is 355 g/mol. The molecule has 0 spiro atoms. The van der Waals surface area contributed by atoms with E-state index in [9.17, 15) is 9.59 Å². The number of piperidine rings is 1. The Balaban J connectivity index is 1.30. The minimum atomic E-state index is -0.0251. The topological polar surface area (TPSA) is 52.7 Å². The fourth-order valence-corrected chi connectivity index (χ4v) is 4.77. The zero-order chi connectivity index (χ0) is 18.1. The highest BCUT2D eigenvalue weighted by molar-refractivity contribution is 5.83. The van der Waals surface area contributed by atoms with Crippen LogP contribution in [0.15, 0.2) is 24.3 Å². The Morgan fingerprint density at radius 1 is 1.12 bits per heavy atom. The van der Waals surface area contributed by atoms with Gasteiger partial charge < -0.3 is 15.1 Å². The van der Waals surface area contributed by atoms with Gasteiger partial charge in [-0.1, -0.05) is 31.2 Å². The molecule has 1 atom stereocenters. The molecule has 140 valence electrons. The summed E-state index contributed by atoms with van der Waals surface area (Å²) in [5, 5.41) is 3.17. The van der Waals surface area contributed by atoms with Gasteiger partial charge in [0, 0.05) is 24.9 Å². The van der Waals surface area contributed by atoms with Crippen molar-refractivity contribution in [2.75, 3.05) is 26.2 Å². The van der Waals surface area contributed by atoms with Crippen LogP contribution in [-0.2, 0) is 22.4 Å². The number of hydrogen-bond acceptors (Lipinski definition) is 3. The van der Waals surface area contributed by atoms with Crippen molar-refractivity contribution in [1.29, 1.82) is 0 Å². The van der Waals surface area contributed by atoms with Crippen molar-refractivity contribution in [2.24, 2.45) is 5.92 Å². The van der Waals surface area contributed by atoms with Gasteiger partial charge in [0.2, 0.25) is 11.8 Å². The van der Waals surface area contributed by atoms with Gasteiger partial charge in [0.15, 0.2) is 0 Å². The van der Waals surface area contributed by atoms with E-state index < -0.39 is 0 Å². The van der Waals surface area contributed by atoms with E-state index in [2.05, 4.69) is 41.4 Å². The van der Waals surface area contributed by atoms with Crippen molar-refractivity contribution < 1.29 is 9.59 Å². The Morgan fingerprint density at radius 2 is 1.77 bits per heavy atom. The fraction of sp³-hybridized carbons (Fsp3) is 0.619. The maximum atomic E-state index is 12.6. The SMILES string of the molecule is CCN1CCC(C(=O)N[C@@H]2CC(=O)N(C3Cc4ccccc4C3)C2)CC1. The first-order chi connectivity index (χ1) is 12.6. The predicted octanol–water partition coefficient (Wildman–Crippen LogP) is 1.60. The number of nitrogens with one attached hydrogen (secondary N) is 1. The highest BCUT2D eigenvalue weighted by atomic mass is 16.2. The van der Waals surface area contributed by atoms with Crippen LogP contribution in [0.4, 0.5) is 0 Å². The van der Waals surface area contributed by atoms with Gasteiger partial charge in [0.1, 0.15) is 0 Å². The normalized spacial score (nSPS) is 24.9. The smallest absolute Gasteiger partial charge is 0.225 e. The third-order valence-corrected chi connectivity index (χ3v) is 6.38. The number of amides is 2. The van der Waals surface area contributed by atoms with E-state index >= 15 is 0 Å². The van der Waals surface area contributed by atoms with Crippen molar-refractivity contribution in [3.63, 3.8) is 0 Å². The van der Waals surface area contributed by atoms with Gasteiger partial charge in [-0.3, -0.25) is 9.59 Å². The number of likely N-dealkylation sites (tertiary alicyclic amines) is 2. The lowest BCUT2D eigenvalue weighted by atomic mass is 9.95. The van der Waals surface area contributed by atoms with E-state index in [1.54, 1.807) is 0 Å². The Hall–Kier alpha value is -1.88. The third kappa shape index (κ3) is 3.50. The summed E-state index contributed by atoms with van der Waals surface area (Å²) in [6, 6.07) is 8.70. The third-order valence-electron chi connectivity index (χ3n) is 6.38. The molecule has 26 heavy (non-hydrogen) atoms. The van der Waals surface area contributed by atoms with Crippen LogP contribution in [-0.4, -0.2) is 59.9 Å². The molecule has 5 heteroatoms. The second kappa shape index (κ2) is 7.39. The largest absolute Gasteiger partial charge is 0.351 e. The van der Waals surface area contributed by atoms with E-state index in [0.29, 0.717) is 13.0 Å². The van der Waals surface area contributed by atoms with Crippen molar-refractivity contribution in [3.8, 4) is 0 Å². The van der Waals surface area contributed by atoms with Crippen molar-refractivity contribution in [1.82, 2.24) is 15.1 Å². The lowest BCUT2D eigenvalue weighted by molar-refractivity contribution is -0.129. The van der Waals surface area contributed by atoms with Gasteiger partial charge >= 0.3 is 0 Å². The van der Waals surface area contributed by atoms with Gasteiger partial charge in [0.25, 0.3) is 0 Å². The van der Waals surface area contributed by atoms with Gasteiger partial charge in [-0.15, -0.1) is 0 Å². The quantitative estimate of drug-likeness (QED) is 0.893. The lowest BCUT2D eigenvalue weighted by Crippen LogP contribution is -2.45. The molecule has 0 unspecified atom stereocenters. The molecule has 2 aliphatic heterocycles. The van der Waals surface area contributed by atoms with Crippen LogP contribution in [0.1, 0.15) is 37.3 Å². The van der Waals surface area contributed by atoms with Crippen molar-refractivity contribution in [3.05, 3.63) is 35.4 Å². The lowest BCUT2D eigenvalue weighted by Gasteiger charge is -2.31. The number of fused-ring (bicyclic) bond motifs is 1. The zero-order valence-electron chi connectivity index (χ0n) is 15.6. The summed E-state index contributed by atoms with van der Waals surface area (Å²) in [4.78, 5) is 29.5. The molecule has 2 heterocycles. The predicted molar refractivity (Wildman–Crippen MR) is 101 cm³/mol. The fourth-order valence-electron chi connectivity index (χ4n) is 4.77. The first-order valence-electron chi connectivity index (χ1n) is 10.0. The molecule has 0 aromatic heterocycles. The van der Waals surface area contributed by atoms with Gasteiger partial charge in [-0.2, -0.15) is 0 Å². The van der Waals surface area contributed by atoms with E-state index in [0.717, 1.165) is 45.3 Å². The number of nitrogens with zero attached hydrogens (tertiary/aromatic N) is 2. The standard InChI is InChI=1S/C21H29N3O2/c1-2-23-9-7-15(8-10-23)21(26)22-18-13-20(25)24(14-18)19-11-16-5-3-4-6-17(16)12-19/h3-6,15,18-19H,2,7-14H2,1H3,(H,22,26)/t18-/m1/s1. The molecule has 2 fully saturated rings. The summed E-state index contributed by atoms with van der Waals surface area (Å²) in [6.07, 6.45) is 4.20. The number of hydrogen-bond donors (Lipinski definition) is 1. The molecule has 4 rings (SSSR count). The maximum absolute atomic E-state index is 12.6. The molecule has 0 bridgehead atoms. The molecular formula is C21H29N3O2. The van der Waals surface area contributed by atoms with Crippen LogP contribution in [0, 0.1) is 5.92 Å². The summed E-state index contributed by atoms with van der Waals surface area (Å²) in [5.74, 6) is 0.446. The molecule has 3 aliphatic rings. The van der Waals surface area contributed by atoms with Crippen LogP contribution >= 0.6 is 0 Å². The number of carbonyl (C=O) groups excluding carboxylic acids is 2. The Morgan fingerprint density at radius 3 is 2.38 bits per heavy atom. The average molecular weight is 355 g/mol. The van der Waals surface area contributed by atoms with Gasteiger partial charge in [0.05, 0.1) is 6.04 Å². The van der Waals surface area contributed by atoms with Crippen molar-refractivity contribution in [2.45, 2.75) is 51.1 Å². The molecule has 1 aliphatic carbocycles. The van der Waals surface area contributed by atoms with Crippen LogP contribution in [0.5, 0.6) is 0 Å². The minimum Gasteiger partial charge on any atom is -0.351 e. The molecule has 2 saturated heterocycles. The molecule has 5 nitrogen and oxygen atoms in total. The average Bonchev–Trinajstić information content (AvgIpc) is 3.24. The molecule has 1 N–H and O–H groups in total. The summed E-state index contributed by atoms with van der Waals surface area (Å²) in [7, 11) is 0. The summed E-state index contributed by atoms with van der Waals surface area (Å²) in [5.41, 5.74) is 2.72. The molecule has 1 aromatic carbocycles. The Kier molecular flexibility index (Phi) is 4.98. The molecule has 0 saturated carbocycles. The molecule has 0 radical (unpaired) electrons. The second-order valence-electron chi connectivity index (χ2n) is 8.00. The van der Waals surface area contributed by atoms with Gasteiger partial charge in [-0.25, -0.2) is 0 Å². The van der Waals surface area contributed by atoms with Crippen molar-refractivity contribution >= 4 is 11.8 Å². The van der Waals surface area contributed by atoms with Crippen LogP contribution in [0.3, 0.4) is 0 Å². The number of benzene rings is 1. The summed E-state index contributed by atoms with van der Waals surface area (Å²) >= 11 is 0. The first kappa shape index (κ1) is 17.5. The van der Waals surface area contributed by atoms with Crippen LogP contribution in [0.25, 0.3) is 0 Å². The number of carbonyl (C=O) groups is 2. The van der Waals surface area contributed by atoms with E-state index in [4.69, 9.17) is 0 Å². The Bertz CT molecular complexity index is 657. The van der Waals surface area contributed by atoms with E-state index in [-0.39, 0.29) is 29.8 Å². The Labute approximate surface area is 155 Å². The first-order valence-corrected chi connectivity index (χ1v) is 10.0. The molecular weight excluding hydrogens is 326 g/mol.